The number of aryl methyl sites for hydroxylation is 1. The first-order chi connectivity index (χ1) is 12.0. The molecule has 1 aromatic carbocycles. The van der Waals surface area contributed by atoms with Crippen LogP contribution >= 0.6 is 0 Å². The Kier molecular flexibility index (Phi) is 5.04. The number of nitrogens with zero attached hydrogens (tertiary/aromatic N) is 3. The van der Waals surface area contributed by atoms with Gasteiger partial charge in [0, 0.05) is 29.9 Å². The largest absolute Gasteiger partial charge is 0.481 e. The highest BCUT2D eigenvalue weighted by atomic mass is 16.5. The van der Waals surface area contributed by atoms with Gasteiger partial charge in [0.1, 0.15) is 6.42 Å². The first-order valence-corrected chi connectivity index (χ1v) is 8.07. The van der Waals surface area contributed by atoms with Gasteiger partial charge in [-0.05, 0) is 19.1 Å². The number of aromatic nitrogens is 2. The summed E-state index contributed by atoms with van der Waals surface area (Å²) in [4.78, 5) is 33.9. The minimum Gasteiger partial charge on any atom is -0.481 e. The standard InChI is InChI=1S/C18H19N3O4/c1-12-9-15(20-18(19-12)21-5-7-25-8-6-21)13-3-2-4-14(10-13)16(22)11-17(23)24/h2-4,9-10H,5-8,11H2,1H3,(H,23,24). The molecule has 1 aliphatic heterocycles. The third-order valence-electron chi connectivity index (χ3n) is 3.93. The number of rotatable bonds is 5. The highest BCUT2D eigenvalue weighted by Crippen LogP contribution is 2.23. The van der Waals surface area contributed by atoms with E-state index >= 15 is 0 Å². The summed E-state index contributed by atoms with van der Waals surface area (Å²) in [6, 6.07) is 8.73. The fraction of sp³-hybridized carbons (Fsp3) is 0.333. The highest BCUT2D eigenvalue weighted by molar-refractivity contribution is 6.06. The second-order valence-electron chi connectivity index (χ2n) is 5.87. The van der Waals surface area contributed by atoms with Crippen LogP contribution in [-0.4, -0.2) is 53.1 Å². The molecule has 0 aliphatic carbocycles. The van der Waals surface area contributed by atoms with Crippen LogP contribution in [0.25, 0.3) is 11.3 Å². The smallest absolute Gasteiger partial charge is 0.311 e. The van der Waals surface area contributed by atoms with Crippen molar-refractivity contribution in [3.63, 3.8) is 0 Å². The number of carbonyl (C=O) groups excluding carboxylic acids is 1. The molecule has 1 aliphatic rings. The first kappa shape index (κ1) is 17.0. The van der Waals surface area contributed by atoms with E-state index in [1.807, 2.05) is 19.1 Å². The molecule has 0 radical (unpaired) electrons. The zero-order valence-corrected chi connectivity index (χ0v) is 13.9. The van der Waals surface area contributed by atoms with E-state index in [-0.39, 0.29) is 0 Å². The summed E-state index contributed by atoms with van der Waals surface area (Å²) >= 11 is 0. The van der Waals surface area contributed by atoms with Crippen LogP contribution in [0.2, 0.25) is 0 Å². The van der Waals surface area contributed by atoms with E-state index in [1.165, 1.54) is 0 Å². The Morgan fingerprint density at radius 3 is 2.68 bits per heavy atom. The van der Waals surface area contributed by atoms with Crippen molar-refractivity contribution in [2.45, 2.75) is 13.3 Å². The minimum atomic E-state index is -1.14. The molecule has 1 aromatic heterocycles. The zero-order chi connectivity index (χ0) is 17.8. The number of ether oxygens (including phenoxy) is 1. The van der Waals surface area contributed by atoms with Crippen LogP contribution < -0.4 is 4.90 Å². The molecule has 25 heavy (non-hydrogen) atoms. The Morgan fingerprint density at radius 2 is 1.96 bits per heavy atom. The zero-order valence-electron chi connectivity index (χ0n) is 13.9. The number of hydrogen-bond acceptors (Lipinski definition) is 6. The van der Waals surface area contributed by atoms with Gasteiger partial charge in [-0.1, -0.05) is 18.2 Å². The lowest BCUT2D eigenvalue weighted by Crippen LogP contribution is -2.37. The predicted molar refractivity (Wildman–Crippen MR) is 91.8 cm³/mol. The number of anilines is 1. The van der Waals surface area contributed by atoms with Crippen molar-refractivity contribution in [1.29, 1.82) is 0 Å². The molecular weight excluding hydrogens is 322 g/mol. The molecule has 0 bridgehead atoms. The van der Waals surface area contributed by atoms with E-state index in [0.29, 0.717) is 30.4 Å². The number of morpholine rings is 1. The second kappa shape index (κ2) is 7.40. The molecule has 0 saturated carbocycles. The molecule has 7 nitrogen and oxygen atoms in total. The average Bonchev–Trinajstić information content (AvgIpc) is 2.61. The Balaban J connectivity index is 1.92. The molecule has 0 unspecified atom stereocenters. The Morgan fingerprint density at radius 1 is 1.20 bits per heavy atom. The van der Waals surface area contributed by atoms with Crippen LogP contribution in [0.5, 0.6) is 0 Å². The molecular formula is C18H19N3O4. The maximum atomic E-state index is 12.0. The SMILES string of the molecule is Cc1cc(-c2cccc(C(=O)CC(=O)O)c2)nc(N2CCOCC2)n1. The molecule has 1 saturated heterocycles. The van der Waals surface area contributed by atoms with Crippen LogP contribution in [0.4, 0.5) is 5.95 Å². The number of carboxylic acid groups (broad SMARTS) is 1. The van der Waals surface area contributed by atoms with Crippen molar-refractivity contribution in [1.82, 2.24) is 9.97 Å². The van der Waals surface area contributed by atoms with Gasteiger partial charge in [0.05, 0.1) is 18.9 Å². The van der Waals surface area contributed by atoms with Crippen molar-refractivity contribution in [3.8, 4) is 11.3 Å². The summed E-state index contributed by atoms with van der Waals surface area (Å²) in [5.41, 5.74) is 2.66. The predicted octanol–water partition coefficient (Wildman–Crippen LogP) is 1.95. The number of carboxylic acids is 1. The molecule has 3 rings (SSSR count). The summed E-state index contributed by atoms with van der Waals surface area (Å²) in [5.74, 6) is -0.919. The van der Waals surface area contributed by atoms with Crippen LogP contribution in [0.1, 0.15) is 22.5 Å². The van der Waals surface area contributed by atoms with E-state index in [9.17, 15) is 9.59 Å². The molecule has 1 fully saturated rings. The fourth-order valence-electron chi connectivity index (χ4n) is 2.70. The Hall–Kier alpha value is -2.80. The van der Waals surface area contributed by atoms with E-state index in [4.69, 9.17) is 9.84 Å². The molecule has 0 atom stereocenters. The maximum absolute atomic E-state index is 12.0. The molecule has 2 heterocycles. The van der Waals surface area contributed by atoms with Gasteiger partial charge in [0.2, 0.25) is 5.95 Å². The van der Waals surface area contributed by atoms with Crippen LogP contribution in [-0.2, 0) is 9.53 Å². The lowest BCUT2D eigenvalue weighted by Gasteiger charge is -2.27. The number of ketones is 1. The molecule has 130 valence electrons. The third kappa shape index (κ3) is 4.19. The van der Waals surface area contributed by atoms with Crippen molar-refractivity contribution in [2.75, 3.05) is 31.2 Å². The summed E-state index contributed by atoms with van der Waals surface area (Å²) in [6.07, 6.45) is -0.523. The van der Waals surface area contributed by atoms with Crippen molar-refractivity contribution in [3.05, 3.63) is 41.6 Å². The van der Waals surface area contributed by atoms with E-state index < -0.39 is 18.2 Å². The molecule has 0 amide bonds. The lowest BCUT2D eigenvalue weighted by molar-refractivity contribution is -0.135. The average molecular weight is 341 g/mol. The maximum Gasteiger partial charge on any atom is 0.311 e. The van der Waals surface area contributed by atoms with Gasteiger partial charge < -0.3 is 14.7 Å². The van der Waals surface area contributed by atoms with Crippen molar-refractivity contribution < 1.29 is 19.4 Å². The van der Waals surface area contributed by atoms with E-state index in [1.54, 1.807) is 18.2 Å². The number of Topliss-reactive ketones (excluding diaryl/α,β-unsaturated/α-hetero) is 1. The molecule has 0 spiro atoms. The van der Waals surface area contributed by atoms with Gasteiger partial charge in [-0.2, -0.15) is 0 Å². The Labute approximate surface area is 145 Å². The molecule has 2 aromatic rings. The normalized spacial score (nSPS) is 14.4. The number of aliphatic carboxylic acids is 1. The van der Waals surface area contributed by atoms with Crippen LogP contribution in [0.15, 0.2) is 30.3 Å². The lowest BCUT2D eigenvalue weighted by atomic mass is 10.0. The minimum absolute atomic E-state index is 0.365. The van der Waals surface area contributed by atoms with Gasteiger partial charge in [-0.15, -0.1) is 0 Å². The number of hydrogen-bond donors (Lipinski definition) is 1. The summed E-state index contributed by atoms with van der Waals surface area (Å²) in [7, 11) is 0. The topological polar surface area (TPSA) is 92.6 Å². The van der Waals surface area contributed by atoms with Gasteiger partial charge >= 0.3 is 5.97 Å². The monoisotopic (exact) mass is 341 g/mol. The summed E-state index contributed by atoms with van der Waals surface area (Å²) in [5, 5.41) is 8.79. The van der Waals surface area contributed by atoms with Crippen molar-refractivity contribution in [2.24, 2.45) is 0 Å². The van der Waals surface area contributed by atoms with Gasteiger partial charge in [-0.3, -0.25) is 9.59 Å². The fourth-order valence-corrected chi connectivity index (χ4v) is 2.70. The quantitative estimate of drug-likeness (QED) is 0.656. The van der Waals surface area contributed by atoms with Gasteiger partial charge in [0.15, 0.2) is 5.78 Å². The van der Waals surface area contributed by atoms with Crippen LogP contribution in [0.3, 0.4) is 0 Å². The highest BCUT2D eigenvalue weighted by Gasteiger charge is 2.16. The third-order valence-corrected chi connectivity index (χ3v) is 3.93. The second-order valence-corrected chi connectivity index (χ2v) is 5.87. The molecule has 1 N–H and O–H groups in total. The van der Waals surface area contributed by atoms with Crippen LogP contribution in [0, 0.1) is 6.92 Å². The molecule has 7 heteroatoms. The Bertz CT molecular complexity index is 801. The summed E-state index contributed by atoms with van der Waals surface area (Å²) in [6.45, 7) is 4.66. The van der Waals surface area contributed by atoms with E-state index in [0.717, 1.165) is 24.3 Å². The number of carbonyl (C=O) groups is 2. The van der Waals surface area contributed by atoms with Crippen molar-refractivity contribution >= 4 is 17.7 Å². The van der Waals surface area contributed by atoms with Gasteiger partial charge in [-0.25, -0.2) is 9.97 Å². The first-order valence-electron chi connectivity index (χ1n) is 8.07. The van der Waals surface area contributed by atoms with Gasteiger partial charge in [0.25, 0.3) is 0 Å². The van der Waals surface area contributed by atoms with E-state index in [2.05, 4.69) is 14.9 Å². The summed E-state index contributed by atoms with van der Waals surface area (Å²) < 4.78 is 5.36. The number of benzene rings is 1.